The molecule has 0 saturated heterocycles. The van der Waals surface area contributed by atoms with E-state index in [9.17, 15) is 4.21 Å². The lowest BCUT2D eigenvalue weighted by atomic mass is 10.0. The van der Waals surface area contributed by atoms with E-state index in [0.717, 1.165) is 31.4 Å². The highest BCUT2D eigenvalue weighted by molar-refractivity contribution is 7.91. The molecule has 0 radical (unpaired) electrons. The van der Waals surface area contributed by atoms with E-state index in [-0.39, 0.29) is 0 Å². The lowest BCUT2D eigenvalue weighted by Gasteiger charge is -2.28. The van der Waals surface area contributed by atoms with Crippen molar-refractivity contribution in [1.82, 2.24) is 9.88 Å². The summed E-state index contributed by atoms with van der Waals surface area (Å²) in [6.45, 7) is 4.23. The molecule has 26 heavy (non-hydrogen) atoms. The van der Waals surface area contributed by atoms with Crippen LogP contribution in [0.1, 0.15) is 29.7 Å². The molecule has 4 nitrogen and oxygen atoms in total. The van der Waals surface area contributed by atoms with E-state index in [0.29, 0.717) is 10.9 Å². The van der Waals surface area contributed by atoms with Crippen molar-refractivity contribution in [2.45, 2.75) is 30.7 Å². The number of benzene rings is 2. The zero-order chi connectivity index (χ0) is 18.3. The fourth-order valence-electron chi connectivity index (χ4n) is 3.69. The smallest absolute Gasteiger partial charge is 0.0815 e. The SMILES string of the molecule is C[C@@H](c1ccc2scnc2c1)N1CCc2ccc(S(C)(=N)=O)cc2CC1. The van der Waals surface area contributed by atoms with Gasteiger partial charge in [0.25, 0.3) is 0 Å². The fraction of sp³-hybridized carbons (Fsp3) is 0.350. The number of fused-ring (bicyclic) bond motifs is 2. The summed E-state index contributed by atoms with van der Waals surface area (Å²) in [6, 6.07) is 12.8. The zero-order valence-corrected chi connectivity index (χ0v) is 16.7. The van der Waals surface area contributed by atoms with Crippen molar-refractivity contribution in [2.24, 2.45) is 0 Å². The molecule has 0 aliphatic carbocycles. The van der Waals surface area contributed by atoms with Gasteiger partial charge in [0, 0.05) is 30.3 Å². The summed E-state index contributed by atoms with van der Waals surface area (Å²) in [7, 11) is -2.66. The Kier molecular flexibility index (Phi) is 4.59. The Morgan fingerprint density at radius 1 is 1.15 bits per heavy atom. The average Bonchev–Trinajstić information content (AvgIpc) is 2.98. The lowest BCUT2D eigenvalue weighted by Crippen LogP contribution is -2.29. The van der Waals surface area contributed by atoms with Gasteiger partial charge in [-0.1, -0.05) is 12.1 Å². The molecular formula is C20H23N3OS2. The van der Waals surface area contributed by atoms with Crippen LogP contribution in [-0.4, -0.2) is 33.4 Å². The summed E-state index contributed by atoms with van der Waals surface area (Å²) in [5, 5.41) is 0. The van der Waals surface area contributed by atoms with Gasteiger partial charge in [0.05, 0.1) is 25.5 Å². The normalized spacial score (nSPS) is 18.8. The molecule has 0 saturated carbocycles. The molecule has 2 heterocycles. The Bertz CT molecular complexity index is 1060. The van der Waals surface area contributed by atoms with E-state index in [4.69, 9.17) is 4.78 Å². The fourth-order valence-corrected chi connectivity index (χ4v) is 5.05. The predicted molar refractivity (Wildman–Crippen MR) is 109 cm³/mol. The number of nitrogens with zero attached hydrogens (tertiary/aromatic N) is 2. The topological polar surface area (TPSA) is 57.1 Å². The molecule has 1 aliphatic rings. The molecule has 0 fully saturated rings. The highest BCUT2D eigenvalue weighted by atomic mass is 32.2. The zero-order valence-electron chi connectivity index (χ0n) is 15.1. The number of nitrogens with one attached hydrogen (secondary N) is 1. The predicted octanol–water partition coefficient (Wildman–Crippen LogP) is 4.49. The third-order valence-electron chi connectivity index (χ3n) is 5.35. The first-order valence-corrected chi connectivity index (χ1v) is 11.7. The van der Waals surface area contributed by atoms with E-state index < -0.39 is 9.73 Å². The lowest BCUT2D eigenvalue weighted by molar-refractivity contribution is 0.221. The second kappa shape index (κ2) is 6.76. The van der Waals surface area contributed by atoms with E-state index in [1.54, 1.807) is 11.3 Å². The van der Waals surface area contributed by atoms with Crippen LogP contribution in [0, 0.1) is 4.78 Å². The Morgan fingerprint density at radius 3 is 2.69 bits per heavy atom. The van der Waals surface area contributed by atoms with Gasteiger partial charge >= 0.3 is 0 Å². The standard InChI is InChI=1S/C20H23N3OS2/c1-14(16-4-6-20-19(12-16)22-13-25-20)23-9-7-15-3-5-18(26(2,21)24)11-17(15)8-10-23/h3-6,11-14,21H,7-10H2,1-2H3/t14-,26?/m0/s1. The first-order valence-electron chi connectivity index (χ1n) is 8.84. The summed E-state index contributed by atoms with van der Waals surface area (Å²) in [6.07, 6.45) is 3.41. The molecule has 0 spiro atoms. The molecule has 1 unspecified atom stereocenters. The van der Waals surface area contributed by atoms with Crippen LogP contribution in [0.4, 0.5) is 0 Å². The van der Waals surface area contributed by atoms with Crippen molar-refractivity contribution < 1.29 is 4.21 Å². The molecule has 0 amide bonds. The minimum Gasteiger partial charge on any atom is -0.296 e. The third kappa shape index (κ3) is 3.41. The van der Waals surface area contributed by atoms with Crippen LogP contribution >= 0.6 is 11.3 Å². The molecule has 136 valence electrons. The average molecular weight is 386 g/mol. The van der Waals surface area contributed by atoms with Crippen LogP contribution in [0.3, 0.4) is 0 Å². The molecule has 4 rings (SSSR count). The van der Waals surface area contributed by atoms with Crippen molar-refractivity contribution in [3.05, 3.63) is 58.6 Å². The molecule has 0 bridgehead atoms. The van der Waals surface area contributed by atoms with E-state index in [2.05, 4.69) is 41.1 Å². The molecular weight excluding hydrogens is 362 g/mol. The van der Waals surface area contributed by atoms with Gasteiger partial charge in [-0.05, 0) is 60.7 Å². The second-order valence-corrected chi connectivity index (χ2v) is 10.1. The number of hydrogen-bond acceptors (Lipinski definition) is 5. The number of thiazole rings is 1. The Balaban J connectivity index is 1.56. The summed E-state index contributed by atoms with van der Waals surface area (Å²) >= 11 is 1.68. The van der Waals surface area contributed by atoms with Crippen LogP contribution in [0.5, 0.6) is 0 Å². The molecule has 1 N–H and O–H groups in total. The quantitative estimate of drug-likeness (QED) is 0.722. The van der Waals surface area contributed by atoms with Gasteiger partial charge in [0.2, 0.25) is 0 Å². The molecule has 1 aromatic heterocycles. The van der Waals surface area contributed by atoms with Crippen LogP contribution in [0.15, 0.2) is 46.8 Å². The van der Waals surface area contributed by atoms with Gasteiger partial charge in [-0.3, -0.25) is 4.90 Å². The van der Waals surface area contributed by atoms with Crippen LogP contribution in [0.25, 0.3) is 10.2 Å². The van der Waals surface area contributed by atoms with Crippen LogP contribution in [-0.2, 0) is 22.6 Å². The van der Waals surface area contributed by atoms with Crippen LogP contribution < -0.4 is 0 Å². The third-order valence-corrected chi connectivity index (χ3v) is 7.31. The van der Waals surface area contributed by atoms with Gasteiger partial charge in [-0.15, -0.1) is 11.3 Å². The number of hydrogen-bond donors (Lipinski definition) is 1. The van der Waals surface area contributed by atoms with E-state index >= 15 is 0 Å². The number of aromatic nitrogens is 1. The van der Waals surface area contributed by atoms with Crippen molar-refractivity contribution in [3.63, 3.8) is 0 Å². The van der Waals surface area contributed by atoms with Crippen LogP contribution in [0.2, 0.25) is 0 Å². The Morgan fingerprint density at radius 2 is 1.92 bits per heavy atom. The second-order valence-electron chi connectivity index (χ2n) is 7.07. The minimum absolute atomic E-state index is 0.335. The first kappa shape index (κ1) is 17.6. The maximum Gasteiger partial charge on any atom is 0.0815 e. The van der Waals surface area contributed by atoms with Gasteiger partial charge in [-0.25, -0.2) is 14.0 Å². The molecule has 6 heteroatoms. The summed E-state index contributed by atoms with van der Waals surface area (Å²) in [5.41, 5.74) is 6.85. The van der Waals surface area contributed by atoms with E-state index in [1.165, 1.54) is 27.6 Å². The van der Waals surface area contributed by atoms with Gasteiger partial charge < -0.3 is 0 Å². The summed E-state index contributed by atoms with van der Waals surface area (Å²) < 4.78 is 21.1. The molecule has 2 atom stereocenters. The number of rotatable bonds is 3. The maximum atomic E-state index is 12.1. The largest absolute Gasteiger partial charge is 0.296 e. The van der Waals surface area contributed by atoms with Crippen molar-refractivity contribution in [3.8, 4) is 0 Å². The van der Waals surface area contributed by atoms with Crippen molar-refractivity contribution >= 4 is 31.3 Å². The molecule has 2 aromatic carbocycles. The van der Waals surface area contributed by atoms with Gasteiger partial charge in [0.1, 0.15) is 0 Å². The molecule has 1 aliphatic heterocycles. The highest BCUT2D eigenvalue weighted by Crippen LogP contribution is 2.28. The molecule has 3 aromatic rings. The summed E-state index contributed by atoms with van der Waals surface area (Å²) in [5.74, 6) is 0. The van der Waals surface area contributed by atoms with Gasteiger partial charge in [-0.2, -0.15) is 0 Å². The van der Waals surface area contributed by atoms with Crippen molar-refractivity contribution in [1.29, 1.82) is 4.78 Å². The Labute approximate surface area is 158 Å². The summed E-state index contributed by atoms with van der Waals surface area (Å²) in [4.78, 5) is 7.60. The Hall–Kier alpha value is -1.76. The maximum absolute atomic E-state index is 12.1. The van der Waals surface area contributed by atoms with Crippen molar-refractivity contribution in [2.75, 3.05) is 19.3 Å². The van der Waals surface area contributed by atoms with Gasteiger partial charge in [0.15, 0.2) is 0 Å². The monoisotopic (exact) mass is 385 g/mol. The van der Waals surface area contributed by atoms with E-state index in [1.807, 2.05) is 17.6 Å². The highest BCUT2D eigenvalue weighted by Gasteiger charge is 2.21. The minimum atomic E-state index is -2.66. The first-order chi connectivity index (χ1) is 12.4.